The van der Waals surface area contributed by atoms with Crippen LogP contribution in [0.25, 0.3) is 0 Å². The van der Waals surface area contributed by atoms with E-state index in [-0.39, 0.29) is 0 Å². The fourth-order valence-corrected chi connectivity index (χ4v) is 3.78. The number of nitrogens with zero attached hydrogens (tertiary/aromatic N) is 1. The lowest BCUT2D eigenvalue weighted by Crippen LogP contribution is -2.38. The molecule has 2 bridgehead atoms. The van der Waals surface area contributed by atoms with E-state index in [9.17, 15) is 0 Å². The summed E-state index contributed by atoms with van der Waals surface area (Å²) >= 11 is 1.91. The fraction of sp³-hybridized carbons (Fsp3) is 0.667. The maximum Gasteiger partial charge on any atom is 0.0333 e. The molecule has 2 fully saturated rings. The molecule has 0 radical (unpaired) electrons. The Kier molecular flexibility index (Phi) is 2.34. The molecule has 1 aromatic heterocycles. The fourth-order valence-electron chi connectivity index (χ4n) is 3.06. The summed E-state index contributed by atoms with van der Waals surface area (Å²) in [6.07, 6.45) is 7.27. The predicted octanol–water partition coefficient (Wildman–Crippen LogP) is 3.27. The standard InChI is InChI=1S/C12H17NS/c1-3-10-6-7-11(4-1)13(10)9-12-5-2-8-14-12/h2,5,8,10-11H,1,3-4,6-7,9H2. The Morgan fingerprint density at radius 1 is 1.21 bits per heavy atom. The molecule has 76 valence electrons. The van der Waals surface area contributed by atoms with Crippen molar-refractivity contribution in [3.8, 4) is 0 Å². The molecule has 14 heavy (non-hydrogen) atoms. The van der Waals surface area contributed by atoms with E-state index >= 15 is 0 Å². The van der Waals surface area contributed by atoms with Gasteiger partial charge in [-0.3, -0.25) is 4.90 Å². The van der Waals surface area contributed by atoms with Crippen LogP contribution < -0.4 is 0 Å². The van der Waals surface area contributed by atoms with Crippen LogP contribution in [-0.4, -0.2) is 17.0 Å². The average molecular weight is 207 g/mol. The lowest BCUT2D eigenvalue weighted by Gasteiger charge is -2.34. The van der Waals surface area contributed by atoms with Crippen LogP contribution in [-0.2, 0) is 6.54 Å². The SMILES string of the molecule is c1csc(CN2C3CCCC2CC3)c1. The summed E-state index contributed by atoms with van der Waals surface area (Å²) < 4.78 is 0. The van der Waals surface area contributed by atoms with Crippen molar-refractivity contribution in [1.29, 1.82) is 0 Å². The first-order valence-corrected chi connectivity index (χ1v) is 6.59. The van der Waals surface area contributed by atoms with Gasteiger partial charge in [-0.25, -0.2) is 0 Å². The van der Waals surface area contributed by atoms with E-state index in [1.54, 1.807) is 4.88 Å². The second kappa shape index (κ2) is 3.67. The molecule has 3 rings (SSSR count). The molecule has 3 heterocycles. The number of rotatable bonds is 2. The highest BCUT2D eigenvalue weighted by molar-refractivity contribution is 7.09. The van der Waals surface area contributed by atoms with Crippen molar-refractivity contribution in [3.63, 3.8) is 0 Å². The highest BCUT2D eigenvalue weighted by Crippen LogP contribution is 2.36. The van der Waals surface area contributed by atoms with Gasteiger partial charge in [-0.15, -0.1) is 11.3 Å². The van der Waals surface area contributed by atoms with Gasteiger partial charge in [0.15, 0.2) is 0 Å². The van der Waals surface area contributed by atoms with Crippen LogP contribution in [0.1, 0.15) is 37.0 Å². The Hall–Kier alpha value is -0.340. The molecule has 2 aliphatic heterocycles. The second-order valence-corrected chi connectivity index (χ2v) is 5.60. The van der Waals surface area contributed by atoms with Crippen molar-refractivity contribution in [2.24, 2.45) is 0 Å². The largest absolute Gasteiger partial charge is 0.292 e. The van der Waals surface area contributed by atoms with Crippen molar-refractivity contribution in [2.75, 3.05) is 0 Å². The summed E-state index contributed by atoms with van der Waals surface area (Å²) in [5, 5.41) is 2.20. The van der Waals surface area contributed by atoms with Crippen LogP contribution in [0.15, 0.2) is 17.5 Å². The van der Waals surface area contributed by atoms with E-state index in [1.165, 1.54) is 38.6 Å². The van der Waals surface area contributed by atoms with Crippen LogP contribution in [0.3, 0.4) is 0 Å². The molecule has 0 aliphatic carbocycles. The van der Waals surface area contributed by atoms with Crippen LogP contribution in [0, 0.1) is 0 Å². The second-order valence-electron chi connectivity index (χ2n) is 4.57. The molecular weight excluding hydrogens is 190 g/mol. The van der Waals surface area contributed by atoms with Crippen molar-refractivity contribution in [1.82, 2.24) is 4.90 Å². The lowest BCUT2D eigenvalue weighted by molar-refractivity contribution is 0.133. The van der Waals surface area contributed by atoms with Crippen molar-refractivity contribution in [3.05, 3.63) is 22.4 Å². The molecule has 2 aliphatic rings. The van der Waals surface area contributed by atoms with Gasteiger partial charge in [0.2, 0.25) is 0 Å². The summed E-state index contributed by atoms with van der Waals surface area (Å²) in [7, 11) is 0. The summed E-state index contributed by atoms with van der Waals surface area (Å²) in [5.41, 5.74) is 0. The molecule has 0 saturated carbocycles. The maximum atomic E-state index is 2.76. The zero-order valence-corrected chi connectivity index (χ0v) is 9.30. The Morgan fingerprint density at radius 3 is 2.64 bits per heavy atom. The summed E-state index contributed by atoms with van der Waals surface area (Å²) in [4.78, 5) is 4.30. The van der Waals surface area contributed by atoms with Gasteiger partial charge in [-0.2, -0.15) is 0 Å². The summed E-state index contributed by atoms with van der Waals surface area (Å²) in [5.74, 6) is 0. The van der Waals surface area contributed by atoms with Gasteiger partial charge in [0.05, 0.1) is 0 Å². The molecule has 0 aromatic carbocycles. The minimum atomic E-state index is 0.913. The van der Waals surface area contributed by atoms with E-state index in [2.05, 4.69) is 22.4 Å². The van der Waals surface area contributed by atoms with Gasteiger partial charge in [-0.05, 0) is 37.1 Å². The first-order chi connectivity index (χ1) is 6.93. The van der Waals surface area contributed by atoms with Crippen LogP contribution in [0.5, 0.6) is 0 Å². The minimum absolute atomic E-state index is 0.913. The van der Waals surface area contributed by atoms with Crippen molar-refractivity contribution >= 4 is 11.3 Å². The number of hydrogen-bond donors (Lipinski definition) is 0. The van der Waals surface area contributed by atoms with E-state index in [0.29, 0.717) is 0 Å². The van der Waals surface area contributed by atoms with E-state index in [4.69, 9.17) is 0 Å². The smallest absolute Gasteiger partial charge is 0.0333 e. The van der Waals surface area contributed by atoms with E-state index < -0.39 is 0 Å². The molecule has 1 nitrogen and oxygen atoms in total. The van der Waals surface area contributed by atoms with E-state index in [1.807, 2.05) is 11.3 Å². The highest BCUT2D eigenvalue weighted by atomic mass is 32.1. The van der Waals surface area contributed by atoms with Crippen LogP contribution in [0.2, 0.25) is 0 Å². The number of thiophene rings is 1. The Labute approximate surface area is 89.7 Å². The van der Waals surface area contributed by atoms with Gasteiger partial charge in [0, 0.05) is 23.5 Å². The molecular formula is C12H17NS. The van der Waals surface area contributed by atoms with Crippen LogP contribution in [0.4, 0.5) is 0 Å². The predicted molar refractivity (Wildman–Crippen MR) is 60.5 cm³/mol. The molecule has 2 heteroatoms. The first-order valence-electron chi connectivity index (χ1n) is 5.71. The van der Waals surface area contributed by atoms with Gasteiger partial charge < -0.3 is 0 Å². The number of fused-ring (bicyclic) bond motifs is 2. The Morgan fingerprint density at radius 2 is 2.00 bits per heavy atom. The molecule has 2 unspecified atom stereocenters. The Bertz CT molecular complexity index is 277. The van der Waals surface area contributed by atoms with Gasteiger partial charge in [-0.1, -0.05) is 12.5 Å². The average Bonchev–Trinajstić information content (AvgIpc) is 2.75. The lowest BCUT2D eigenvalue weighted by atomic mass is 10.0. The highest BCUT2D eigenvalue weighted by Gasteiger charge is 2.36. The van der Waals surface area contributed by atoms with Crippen molar-refractivity contribution < 1.29 is 0 Å². The zero-order valence-electron chi connectivity index (χ0n) is 8.48. The molecule has 2 saturated heterocycles. The molecule has 1 aromatic rings. The molecule has 0 amide bonds. The number of piperidine rings is 1. The molecule has 0 spiro atoms. The normalized spacial score (nSPS) is 32.3. The third kappa shape index (κ3) is 1.51. The van der Waals surface area contributed by atoms with Crippen LogP contribution >= 0.6 is 11.3 Å². The van der Waals surface area contributed by atoms with Gasteiger partial charge >= 0.3 is 0 Å². The third-order valence-corrected chi connectivity index (χ3v) is 4.63. The topological polar surface area (TPSA) is 3.24 Å². The molecule has 2 atom stereocenters. The first kappa shape index (κ1) is 8.93. The zero-order chi connectivity index (χ0) is 9.38. The van der Waals surface area contributed by atoms with Gasteiger partial charge in [0.1, 0.15) is 0 Å². The maximum absolute atomic E-state index is 2.76. The summed E-state index contributed by atoms with van der Waals surface area (Å²) in [6, 6.07) is 6.27. The quantitative estimate of drug-likeness (QED) is 0.719. The van der Waals surface area contributed by atoms with E-state index in [0.717, 1.165) is 12.1 Å². The van der Waals surface area contributed by atoms with Gasteiger partial charge in [0.25, 0.3) is 0 Å². The Balaban J connectivity index is 1.73. The third-order valence-electron chi connectivity index (χ3n) is 3.76. The van der Waals surface area contributed by atoms with Crippen molar-refractivity contribution in [2.45, 2.75) is 50.7 Å². The molecule has 0 N–H and O–H groups in total. The minimum Gasteiger partial charge on any atom is -0.292 e. The summed E-state index contributed by atoms with van der Waals surface area (Å²) in [6.45, 7) is 1.22. The number of hydrogen-bond acceptors (Lipinski definition) is 2. The monoisotopic (exact) mass is 207 g/mol.